The maximum atomic E-state index is 13.0. The molecular formula is C25H19NO2S2. The molecule has 0 N–H and O–H groups in total. The van der Waals surface area contributed by atoms with Crippen LogP contribution >= 0.6 is 22.7 Å². The summed E-state index contributed by atoms with van der Waals surface area (Å²) < 4.78 is 1.16. The van der Waals surface area contributed by atoms with Crippen molar-refractivity contribution in [2.24, 2.45) is 0 Å². The van der Waals surface area contributed by atoms with Crippen LogP contribution in [-0.4, -0.2) is 16.6 Å². The van der Waals surface area contributed by atoms with Crippen molar-refractivity contribution < 1.29 is 9.59 Å². The van der Waals surface area contributed by atoms with Gasteiger partial charge in [0.05, 0.1) is 10.3 Å². The van der Waals surface area contributed by atoms with Gasteiger partial charge in [0.1, 0.15) is 9.84 Å². The highest BCUT2D eigenvalue weighted by molar-refractivity contribution is 7.27. The summed E-state index contributed by atoms with van der Waals surface area (Å²) in [6.07, 6.45) is 8.24. The number of hydrogen-bond acceptors (Lipinski definition) is 5. The lowest BCUT2D eigenvalue weighted by molar-refractivity contribution is 0.0990. The first-order valence-corrected chi connectivity index (χ1v) is 12.0. The monoisotopic (exact) mass is 429 g/mol. The highest BCUT2D eigenvalue weighted by atomic mass is 32.1. The minimum absolute atomic E-state index is 0.192. The quantitative estimate of drug-likeness (QED) is 0.254. The van der Waals surface area contributed by atoms with Crippen molar-refractivity contribution in [3.05, 3.63) is 69.0 Å². The molecule has 0 atom stereocenters. The predicted molar refractivity (Wildman–Crippen MR) is 124 cm³/mol. The largest absolute Gasteiger partial charge is 0.288 e. The van der Waals surface area contributed by atoms with Crippen LogP contribution in [0.15, 0.2) is 48.0 Å². The van der Waals surface area contributed by atoms with Crippen molar-refractivity contribution in [1.29, 1.82) is 0 Å². The van der Waals surface area contributed by atoms with Crippen LogP contribution in [0.5, 0.6) is 0 Å². The number of Topliss-reactive ketones (excluding diaryl/α,β-unsaturated/α-hetero) is 2. The lowest BCUT2D eigenvalue weighted by Gasteiger charge is -2.19. The van der Waals surface area contributed by atoms with Crippen LogP contribution in [0.1, 0.15) is 68.6 Å². The van der Waals surface area contributed by atoms with Gasteiger partial charge in [-0.25, -0.2) is 4.98 Å². The zero-order valence-electron chi connectivity index (χ0n) is 16.3. The van der Waals surface area contributed by atoms with Gasteiger partial charge in [0.2, 0.25) is 0 Å². The number of rotatable bonds is 2. The van der Waals surface area contributed by atoms with Gasteiger partial charge in [-0.15, -0.1) is 22.7 Å². The molecule has 2 aromatic carbocycles. The Morgan fingerprint density at radius 1 is 0.867 bits per heavy atom. The molecule has 4 aromatic rings. The first kappa shape index (κ1) is 18.2. The molecular weight excluding hydrogens is 410 g/mol. The second-order valence-corrected chi connectivity index (χ2v) is 10.3. The Morgan fingerprint density at radius 3 is 2.17 bits per heavy atom. The topological polar surface area (TPSA) is 47.0 Å². The fourth-order valence-corrected chi connectivity index (χ4v) is 7.03. The SMILES string of the molecule is O=C1C(=Cc2nc3sc(C4CCCCC4)cc3s2)C(=O)c2cc3ccccc3cc21. The second kappa shape index (κ2) is 6.96. The average molecular weight is 430 g/mol. The zero-order valence-corrected chi connectivity index (χ0v) is 17.9. The highest BCUT2D eigenvalue weighted by Gasteiger charge is 2.33. The van der Waals surface area contributed by atoms with Crippen molar-refractivity contribution in [3.8, 4) is 0 Å². The van der Waals surface area contributed by atoms with Gasteiger partial charge in [0.25, 0.3) is 0 Å². The van der Waals surface area contributed by atoms with Gasteiger partial charge in [-0.2, -0.15) is 0 Å². The number of allylic oxidation sites excluding steroid dienone is 1. The Kier molecular flexibility index (Phi) is 4.22. The Morgan fingerprint density at radius 2 is 1.53 bits per heavy atom. The Labute approximate surface area is 182 Å². The molecule has 2 aliphatic rings. The number of nitrogens with zero attached hydrogens (tertiary/aromatic N) is 1. The number of carbonyl (C=O) groups is 2. The van der Waals surface area contributed by atoms with Gasteiger partial charge in [-0.1, -0.05) is 43.5 Å². The number of fused-ring (bicyclic) bond motifs is 3. The standard InChI is InChI=1S/C25H19NO2S2/c27-23-17-10-15-8-4-5-9-16(15)11-18(17)24(28)19(23)12-22-26-25-21(29-22)13-20(30-25)14-6-2-1-3-7-14/h4-5,8-14H,1-3,6-7H2. The summed E-state index contributed by atoms with van der Waals surface area (Å²) in [6, 6.07) is 13.8. The lowest BCUT2D eigenvalue weighted by atomic mass is 9.88. The number of thiophene rings is 1. The summed E-state index contributed by atoms with van der Waals surface area (Å²) in [5.41, 5.74) is 1.24. The van der Waals surface area contributed by atoms with E-state index in [1.54, 1.807) is 28.7 Å². The van der Waals surface area contributed by atoms with Crippen molar-refractivity contribution in [2.45, 2.75) is 38.0 Å². The number of ketones is 2. The van der Waals surface area contributed by atoms with Gasteiger partial charge in [-0.3, -0.25) is 9.59 Å². The van der Waals surface area contributed by atoms with Gasteiger partial charge in [-0.05, 0) is 53.8 Å². The molecule has 0 bridgehead atoms. The molecule has 6 rings (SSSR count). The Balaban J connectivity index is 1.35. The van der Waals surface area contributed by atoms with Gasteiger partial charge >= 0.3 is 0 Å². The average Bonchev–Trinajstić information content (AvgIpc) is 3.41. The zero-order chi connectivity index (χ0) is 20.2. The summed E-state index contributed by atoms with van der Waals surface area (Å²) in [5, 5.41) is 2.69. The van der Waals surface area contributed by atoms with E-state index < -0.39 is 0 Å². The van der Waals surface area contributed by atoms with Crippen LogP contribution < -0.4 is 0 Å². The van der Waals surface area contributed by atoms with Crippen LogP contribution in [0.3, 0.4) is 0 Å². The van der Waals surface area contributed by atoms with E-state index in [-0.39, 0.29) is 17.1 Å². The van der Waals surface area contributed by atoms with E-state index in [4.69, 9.17) is 4.98 Å². The summed E-state index contributed by atoms with van der Waals surface area (Å²) in [7, 11) is 0. The van der Waals surface area contributed by atoms with E-state index >= 15 is 0 Å². The Hall–Kier alpha value is -2.63. The molecule has 2 aromatic heterocycles. The molecule has 0 amide bonds. The molecule has 148 valence electrons. The summed E-state index contributed by atoms with van der Waals surface area (Å²) in [4.78, 5) is 33.1. The number of carbonyl (C=O) groups excluding carboxylic acids is 2. The smallest absolute Gasteiger partial charge is 0.197 e. The predicted octanol–water partition coefficient (Wildman–Crippen LogP) is 7.02. The fraction of sp³-hybridized carbons (Fsp3) is 0.240. The lowest BCUT2D eigenvalue weighted by Crippen LogP contribution is -2.02. The van der Waals surface area contributed by atoms with E-state index in [1.165, 1.54) is 37.0 Å². The molecule has 2 aliphatic carbocycles. The summed E-state index contributed by atoms with van der Waals surface area (Å²) in [6.45, 7) is 0. The van der Waals surface area contributed by atoms with Crippen molar-refractivity contribution in [2.75, 3.05) is 0 Å². The minimum Gasteiger partial charge on any atom is -0.288 e. The molecule has 3 nitrogen and oxygen atoms in total. The van der Waals surface area contributed by atoms with Gasteiger partial charge in [0, 0.05) is 16.0 Å². The van der Waals surface area contributed by atoms with E-state index in [2.05, 4.69) is 6.07 Å². The van der Waals surface area contributed by atoms with E-state index in [0.29, 0.717) is 17.0 Å². The summed E-state index contributed by atoms with van der Waals surface area (Å²) in [5.74, 6) is 0.290. The molecule has 0 radical (unpaired) electrons. The highest BCUT2D eigenvalue weighted by Crippen LogP contribution is 2.41. The first-order chi connectivity index (χ1) is 14.7. The van der Waals surface area contributed by atoms with E-state index in [9.17, 15) is 9.59 Å². The van der Waals surface area contributed by atoms with Crippen LogP contribution in [-0.2, 0) is 0 Å². The van der Waals surface area contributed by atoms with E-state index in [0.717, 1.165) is 25.3 Å². The van der Waals surface area contributed by atoms with Crippen LogP contribution in [0.25, 0.3) is 26.4 Å². The number of thiazole rings is 1. The third-order valence-electron chi connectivity index (χ3n) is 6.26. The molecule has 0 spiro atoms. The normalized spacial score (nSPS) is 17.3. The van der Waals surface area contributed by atoms with Crippen LogP contribution in [0.2, 0.25) is 0 Å². The maximum Gasteiger partial charge on any atom is 0.197 e. The minimum atomic E-state index is -0.192. The fourth-order valence-electron chi connectivity index (χ4n) is 4.68. The molecule has 1 fully saturated rings. The third kappa shape index (κ3) is 2.88. The van der Waals surface area contributed by atoms with Crippen molar-refractivity contribution in [3.63, 3.8) is 0 Å². The maximum absolute atomic E-state index is 13.0. The molecule has 2 heterocycles. The van der Waals surface area contributed by atoms with Gasteiger partial charge in [0.15, 0.2) is 11.6 Å². The third-order valence-corrected chi connectivity index (χ3v) is 8.53. The molecule has 5 heteroatoms. The first-order valence-electron chi connectivity index (χ1n) is 10.4. The number of hydrogen-bond donors (Lipinski definition) is 0. The Bertz CT molecular complexity index is 1280. The summed E-state index contributed by atoms with van der Waals surface area (Å²) >= 11 is 3.35. The molecule has 1 saturated carbocycles. The number of benzene rings is 2. The van der Waals surface area contributed by atoms with Gasteiger partial charge < -0.3 is 0 Å². The van der Waals surface area contributed by atoms with Crippen molar-refractivity contribution >= 4 is 60.6 Å². The van der Waals surface area contributed by atoms with Crippen molar-refractivity contribution in [1.82, 2.24) is 4.98 Å². The van der Waals surface area contributed by atoms with E-state index in [1.807, 2.05) is 36.4 Å². The molecule has 0 aliphatic heterocycles. The molecule has 0 unspecified atom stereocenters. The van der Waals surface area contributed by atoms with Crippen LogP contribution in [0, 0.1) is 0 Å². The second-order valence-electron chi connectivity index (χ2n) is 8.17. The number of aromatic nitrogens is 1. The molecule has 0 saturated heterocycles. The van der Waals surface area contributed by atoms with Crippen LogP contribution in [0.4, 0.5) is 0 Å². The molecule has 30 heavy (non-hydrogen) atoms.